The molecule has 0 aliphatic carbocycles. The van der Waals surface area contributed by atoms with Crippen LogP contribution in [0.25, 0.3) is 0 Å². The third-order valence-corrected chi connectivity index (χ3v) is 7.44. The highest BCUT2D eigenvalue weighted by atomic mass is 35.5. The van der Waals surface area contributed by atoms with Crippen LogP contribution < -0.4 is 19.1 Å². The van der Waals surface area contributed by atoms with Gasteiger partial charge in [-0.2, -0.15) is 0 Å². The molecule has 4 rings (SSSR count). The van der Waals surface area contributed by atoms with Gasteiger partial charge in [-0.3, -0.25) is 9.10 Å². The number of amides is 1. The van der Waals surface area contributed by atoms with Crippen molar-refractivity contribution in [2.45, 2.75) is 20.4 Å². The van der Waals surface area contributed by atoms with Gasteiger partial charge in [-0.1, -0.05) is 48.0 Å². The van der Waals surface area contributed by atoms with E-state index in [-0.39, 0.29) is 12.5 Å². The Morgan fingerprint density at radius 3 is 2.18 bits per heavy atom. The first-order valence-corrected chi connectivity index (χ1v) is 14.3. The van der Waals surface area contributed by atoms with Crippen LogP contribution in [0.2, 0.25) is 5.02 Å². The molecule has 0 bridgehead atoms. The molecule has 1 N–H and O–H groups in total. The molecule has 0 aromatic heterocycles. The van der Waals surface area contributed by atoms with E-state index in [1.54, 1.807) is 73.8 Å². The number of benzene rings is 4. The summed E-state index contributed by atoms with van der Waals surface area (Å²) in [6.45, 7) is 3.91. The Kier molecular flexibility index (Phi) is 8.47. The van der Waals surface area contributed by atoms with E-state index in [1.165, 1.54) is 10.6 Å². The lowest BCUT2D eigenvalue weighted by Crippen LogP contribution is -2.30. The molecule has 9 heteroatoms. The highest BCUT2D eigenvalue weighted by Gasteiger charge is 2.21. The molecule has 4 aromatic rings. The molecule has 0 unspecified atom stereocenters. The first kappa shape index (κ1) is 28.0. The molecule has 0 spiro atoms. The minimum Gasteiger partial charge on any atom is -0.497 e. The molecular formula is C30H29ClN2O5S. The summed E-state index contributed by atoms with van der Waals surface area (Å²) in [5.41, 5.74) is 3.92. The molecule has 0 saturated heterocycles. The first-order valence-electron chi connectivity index (χ1n) is 12.1. The van der Waals surface area contributed by atoms with Crippen LogP contribution in [0.1, 0.15) is 27.0 Å². The van der Waals surface area contributed by atoms with Crippen molar-refractivity contribution >= 4 is 38.9 Å². The fourth-order valence-corrected chi connectivity index (χ4v) is 5.34. The molecule has 1 amide bonds. The van der Waals surface area contributed by atoms with Crippen molar-refractivity contribution in [3.63, 3.8) is 0 Å². The fraction of sp³-hybridized carbons (Fsp3) is 0.167. The summed E-state index contributed by atoms with van der Waals surface area (Å²) < 4.78 is 38.0. The van der Waals surface area contributed by atoms with Crippen molar-refractivity contribution in [1.29, 1.82) is 0 Å². The largest absolute Gasteiger partial charge is 0.497 e. The van der Waals surface area contributed by atoms with E-state index in [2.05, 4.69) is 5.32 Å². The van der Waals surface area contributed by atoms with Crippen molar-refractivity contribution in [2.75, 3.05) is 23.0 Å². The third-order valence-electron chi connectivity index (χ3n) is 6.09. The second-order valence-electron chi connectivity index (χ2n) is 9.08. The molecule has 39 heavy (non-hydrogen) atoms. The van der Waals surface area contributed by atoms with E-state index in [1.807, 2.05) is 32.0 Å². The summed E-state index contributed by atoms with van der Waals surface area (Å²) in [5, 5.41) is 3.29. The first-order chi connectivity index (χ1) is 18.5. The molecule has 202 valence electrons. The summed E-state index contributed by atoms with van der Waals surface area (Å²) in [4.78, 5) is 13.1. The maximum absolute atomic E-state index is 13.1. The van der Waals surface area contributed by atoms with Crippen LogP contribution in [0.15, 0.2) is 84.9 Å². The number of ether oxygens (including phenoxy) is 2. The lowest BCUT2D eigenvalue weighted by Gasteiger charge is -2.26. The minimum absolute atomic E-state index is 0.138. The molecule has 0 atom stereocenters. The predicted octanol–water partition coefficient (Wildman–Crippen LogP) is 6.98. The Morgan fingerprint density at radius 1 is 0.897 bits per heavy atom. The number of anilines is 2. The summed E-state index contributed by atoms with van der Waals surface area (Å²) in [5.74, 6) is 1.22. The van der Waals surface area contributed by atoms with Crippen LogP contribution in [0.3, 0.4) is 0 Å². The SMILES string of the molecule is COc1cccc(Oc2ccc(Cl)cc2NC(=O)c2ccc(CN(c3c(C)cccc3C)S(C)(=O)=O)cc2)c1. The Labute approximate surface area is 234 Å². The Balaban J connectivity index is 1.53. The molecule has 4 aromatic carbocycles. The summed E-state index contributed by atoms with van der Waals surface area (Å²) in [6, 6.07) is 24.5. The smallest absolute Gasteiger partial charge is 0.255 e. The lowest BCUT2D eigenvalue weighted by molar-refractivity contribution is 0.102. The zero-order valence-corrected chi connectivity index (χ0v) is 23.6. The number of carbonyl (C=O) groups is 1. The number of rotatable bonds is 9. The van der Waals surface area contributed by atoms with Crippen LogP contribution in [-0.4, -0.2) is 27.7 Å². The predicted molar refractivity (Wildman–Crippen MR) is 156 cm³/mol. The number of hydrogen-bond acceptors (Lipinski definition) is 5. The number of halogens is 1. The van der Waals surface area contributed by atoms with E-state index in [9.17, 15) is 13.2 Å². The van der Waals surface area contributed by atoms with Gasteiger partial charge in [0.1, 0.15) is 11.5 Å². The molecule has 0 fully saturated rings. The van der Waals surface area contributed by atoms with Gasteiger partial charge in [0, 0.05) is 16.7 Å². The van der Waals surface area contributed by atoms with Crippen molar-refractivity contribution in [2.24, 2.45) is 0 Å². The second kappa shape index (κ2) is 11.8. The topological polar surface area (TPSA) is 84.9 Å². The number of nitrogens with one attached hydrogen (secondary N) is 1. The van der Waals surface area contributed by atoms with Crippen LogP contribution in [0.4, 0.5) is 11.4 Å². The van der Waals surface area contributed by atoms with Gasteiger partial charge >= 0.3 is 0 Å². The molecule has 0 radical (unpaired) electrons. The Morgan fingerprint density at radius 2 is 1.54 bits per heavy atom. The number of methoxy groups -OCH3 is 1. The molecular weight excluding hydrogens is 536 g/mol. The average molecular weight is 565 g/mol. The minimum atomic E-state index is -3.55. The average Bonchev–Trinajstić information content (AvgIpc) is 2.89. The van der Waals surface area contributed by atoms with E-state index >= 15 is 0 Å². The summed E-state index contributed by atoms with van der Waals surface area (Å²) >= 11 is 6.20. The Hall–Kier alpha value is -4.01. The van der Waals surface area contributed by atoms with Gasteiger partial charge in [0.25, 0.3) is 5.91 Å². The van der Waals surface area contributed by atoms with E-state index in [4.69, 9.17) is 21.1 Å². The number of carbonyl (C=O) groups excluding carboxylic acids is 1. The third kappa shape index (κ3) is 6.90. The van der Waals surface area contributed by atoms with Crippen LogP contribution in [0, 0.1) is 13.8 Å². The number of hydrogen-bond donors (Lipinski definition) is 1. The quantitative estimate of drug-likeness (QED) is 0.237. The normalized spacial score (nSPS) is 11.1. The second-order valence-corrected chi connectivity index (χ2v) is 11.4. The van der Waals surface area contributed by atoms with Gasteiger partial charge in [0.15, 0.2) is 5.75 Å². The molecule has 0 aliphatic rings. The monoisotopic (exact) mass is 564 g/mol. The molecule has 0 heterocycles. The van der Waals surface area contributed by atoms with E-state index in [0.717, 1.165) is 16.7 Å². The zero-order valence-electron chi connectivity index (χ0n) is 22.1. The summed E-state index contributed by atoms with van der Waals surface area (Å²) in [6.07, 6.45) is 1.19. The molecule has 0 aliphatic heterocycles. The fourth-order valence-electron chi connectivity index (χ4n) is 4.16. The number of aryl methyl sites for hydroxylation is 2. The van der Waals surface area contributed by atoms with Gasteiger partial charge in [0.2, 0.25) is 10.0 Å². The van der Waals surface area contributed by atoms with E-state index < -0.39 is 10.0 Å². The maximum Gasteiger partial charge on any atom is 0.255 e. The number of nitrogens with zero attached hydrogens (tertiary/aromatic N) is 1. The van der Waals surface area contributed by atoms with Crippen molar-refractivity contribution in [3.8, 4) is 17.2 Å². The van der Waals surface area contributed by atoms with Crippen LogP contribution in [0.5, 0.6) is 17.2 Å². The van der Waals surface area contributed by atoms with Gasteiger partial charge in [-0.05, 0) is 73.0 Å². The molecule has 0 saturated carbocycles. The number of para-hydroxylation sites is 1. The van der Waals surface area contributed by atoms with Crippen molar-refractivity contribution < 1.29 is 22.7 Å². The lowest BCUT2D eigenvalue weighted by atomic mass is 10.1. The van der Waals surface area contributed by atoms with Crippen LogP contribution in [-0.2, 0) is 16.6 Å². The summed E-state index contributed by atoms with van der Waals surface area (Å²) in [7, 11) is -1.98. The van der Waals surface area contributed by atoms with Crippen molar-refractivity contribution in [3.05, 3.63) is 112 Å². The molecule has 7 nitrogen and oxygen atoms in total. The zero-order chi connectivity index (χ0) is 28.2. The van der Waals surface area contributed by atoms with Gasteiger partial charge < -0.3 is 14.8 Å². The highest BCUT2D eigenvalue weighted by molar-refractivity contribution is 7.92. The van der Waals surface area contributed by atoms with Crippen molar-refractivity contribution in [1.82, 2.24) is 0 Å². The van der Waals surface area contributed by atoms with Gasteiger partial charge in [-0.25, -0.2) is 8.42 Å². The Bertz CT molecular complexity index is 1580. The standard InChI is InChI=1S/C30H29ClN2O5S/c1-20-7-5-8-21(2)29(20)33(39(4,35)36)19-22-11-13-23(14-12-22)30(34)32-27-17-24(31)15-16-28(27)38-26-10-6-9-25(18-26)37-3/h5-18H,19H2,1-4H3,(H,32,34). The van der Waals surface area contributed by atoms with Crippen LogP contribution >= 0.6 is 11.6 Å². The van der Waals surface area contributed by atoms with Gasteiger partial charge in [-0.15, -0.1) is 0 Å². The maximum atomic E-state index is 13.1. The van der Waals surface area contributed by atoms with Gasteiger partial charge in [0.05, 0.1) is 31.3 Å². The number of sulfonamides is 1. The highest BCUT2D eigenvalue weighted by Crippen LogP contribution is 2.34. The van der Waals surface area contributed by atoms with E-state index in [0.29, 0.717) is 39.2 Å².